The Labute approximate surface area is 71.4 Å². The molecule has 0 radical (unpaired) electrons. The minimum Gasteiger partial charge on any atom is -0.0649 e. The first kappa shape index (κ1) is 9.09. The van der Waals surface area contributed by atoms with E-state index in [0.29, 0.717) is 0 Å². The number of hydrogen-bond donors (Lipinski definition) is 0. The van der Waals surface area contributed by atoms with Crippen LogP contribution in [0.15, 0.2) is 0 Å². The lowest BCUT2D eigenvalue weighted by molar-refractivity contribution is 0.105. The molecule has 1 saturated carbocycles. The molecule has 1 aliphatic rings. The largest absolute Gasteiger partial charge is 0.0649 e. The summed E-state index contributed by atoms with van der Waals surface area (Å²) in [7, 11) is 0. The van der Waals surface area contributed by atoms with E-state index in [4.69, 9.17) is 0 Å². The van der Waals surface area contributed by atoms with Crippen molar-refractivity contribution in [2.75, 3.05) is 0 Å². The molecule has 0 N–H and O–H groups in total. The van der Waals surface area contributed by atoms with E-state index in [0.717, 1.165) is 11.3 Å². The van der Waals surface area contributed by atoms with Crippen molar-refractivity contribution < 1.29 is 0 Å². The topological polar surface area (TPSA) is 0 Å². The third-order valence-electron chi connectivity index (χ3n) is 3.42. The van der Waals surface area contributed by atoms with E-state index < -0.39 is 0 Å². The molecule has 0 unspecified atom stereocenters. The molecule has 0 nitrogen and oxygen atoms in total. The van der Waals surface area contributed by atoms with Crippen LogP contribution in [0.4, 0.5) is 0 Å². The van der Waals surface area contributed by atoms with Crippen LogP contribution >= 0.6 is 0 Å². The summed E-state index contributed by atoms with van der Waals surface area (Å²) in [4.78, 5) is 0. The van der Waals surface area contributed by atoms with Crippen LogP contribution < -0.4 is 0 Å². The second-order valence-electron chi connectivity index (χ2n) is 4.64. The first-order valence-electron chi connectivity index (χ1n) is 5.18. The first-order valence-corrected chi connectivity index (χ1v) is 5.18. The Kier molecular flexibility index (Phi) is 2.98. The summed E-state index contributed by atoms with van der Waals surface area (Å²) in [6, 6.07) is 0. The van der Waals surface area contributed by atoms with Crippen molar-refractivity contribution in [3.05, 3.63) is 0 Å². The summed E-state index contributed by atoms with van der Waals surface area (Å²) in [5, 5.41) is 0. The summed E-state index contributed by atoms with van der Waals surface area (Å²) >= 11 is 0. The molecule has 0 bridgehead atoms. The van der Waals surface area contributed by atoms with E-state index in [2.05, 4.69) is 20.8 Å². The quantitative estimate of drug-likeness (QED) is 0.574. The molecule has 11 heavy (non-hydrogen) atoms. The van der Waals surface area contributed by atoms with Gasteiger partial charge < -0.3 is 0 Å². The van der Waals surface area contributed by atoms with Crippen LogP contribution in [-0.2, 0) is 0 Å². The Bertz CT molecular complexity index is 104. The van der Waals surface area contributed by atoms with Gasteiger partial charge >= 0.3 is 0 Å². The lowest BCUT2D eigenvalue weighted by atomic mass is 9.64. The predicted octanol–water partition coefficient (Wildman–Crippen LogP) is 4.00. The predicted molar refractivity (Wildman–Crippen MR) is 50.6 cm³/mol. The Morgan fingerprint density at radius 2 is 1.91 bits per heavy atom. The van der Waals surface area contributed by atoms with E-state index in [1.54, 1.807) is 0 Å². The molecule has 0 heteroatoms. The second-order valence-corrected chi connectivity index (χ2v) is 4.64. The summed E-state index contributed by atoms with van der Waals surface area (Å²) in [5.41, 5.74) is 0.796. The van der Waals surface area contributed by atoms with Gasteiger partial charge in [-0.1, -0.05) is 40.0 Å². The maximum Gasteiger partial charge on any atom is -0.0300 e. The summed E-state index contributed by atoms with van der Waals surface area (Å²) in [6.07, 6.45) is 8.85. The van der Waals surface area contributed by atoms with Crippen LogP contribution in [0.1, 0.15) is 59.3 Å². The normalized spacial score (nSPS) is 21.8. The van der Waals surface area contributed by atoms with Gasteiger partial charge in [-0.05, 0) is 30.6 Å². The van der Waals surface area contributed by atoms with Crippen LogP contribution in [0.2, 0.25) is 0 Å². The van der Waals surface area contributed by atoms with E-state index >= 15 is 0 Å². The second kappa shape index (κ2) is 3.60. The molecule has 0 aromatic rings. The monoisotopic (exact) mass is 154 g/mol. The minimum atomic E-state index is 0.796. The molecule has 1 aliphatic carbocycles. The van der Waals surface area contributed by atoms with Gasteiger partial charge in [0.1, 0.15) is 0 Å². The van der Waals surface area contributed by atoms with Gasteiger partial charge in [-0.15, -0.1) is 0 Å². The van der Waals surface area contributed by atoms with E-state index in [1.807, 2.05) is 0 Å². The highest BCUT2D eigenvalue weighted by Crippen LogP contribution is 2.47. The van der Waals surface area contributed by atoms with Crippen molar-refractivity contribution in [3.8, 4) is 0 Å². The molecular weight excluding hydrogens is 132 g/mol. The molecule has 0 amide bonds. The van der Waals surface area contributed by atoms with Gasteiger partial charge in [0.15, 0.2) is 0 Å². The Balaban J connectivity index is 2.22. The van der Waals surface area contributed by atoms with Crippen molar-refractivity contribution >= 4 is 0 Å². The van der Waals surface area contributed by atoms with Crippen molar-refractivity contribution in [2.24, 2.45) is 11.3 Å². The summed E-state index contributed by atoms with van der Waals surface area (Å²) < 4.78 is 0. The van der Waals surface area contributed by atoms with E-state index in [-0.39, 0.29) is 0 Å². The zero-order valence-electron chi connectivity index (χ0n) is 8.32. The SMILES string of the molecule is CCC1(CCC(C)C)CCC1. The fraction of sp³-hybridized carbons (Fsp3) is 1.00. The van der Waals surface area contributed by atoms with Gasteiger partial charge in [-0.3, -0.25) is 0 Å². The van der Waals surface area contributed by atoms with E-state index in [9.17, 15) is 0 Å². The zero-order valence-corrected chi connectivity index (χ0v) is 8.32. The molecule has 0 atom stereocenters. The lowest BCUT2D eigenvalue weighted by Crippen LogP contribution is -2.28. The lowest BCUT2D eigenvalue weighted by Gasteiger charge is -2.42. The van der Waals surface area contributed by atoms with Crippen LogP contribution in [0.5, 0.6) is 0 Å². The van der Waals surface area contributed by atoms with Crippen molar-refractivity contribution in [3.63, 3.8) is 0 Å². The molecule has 66 valence electrons. The van der Waals surface area contributed by atoms with Gasteiger partial charge in [0.2, 0.25) is 0 Å². The molecule has 1 rings (SSSR count). The average molecular weight is 154 g/mol. The van der Waals surface area contributed by atoms with Gasteiger partial charge in [-0.25, -0.2) is 0 Å². The smallest absolute Gasteiger partial charge is 0.0300 e. The van der Waals surface area contributed by atoms with Gasteiger partial charge in [-0.2, -0.15) is 0 Å². The highest BCUT2D eigenvalue weighted by Gasteiger charge is 2.34. The molecular formula is C11H22. The highest BCUT2D eigenvalue weighted by molar-refractivity contribution is 4.86. The highest BCUT2D eigenvalue weighted by atomic mass is 14.4. The number of hydrogen-bond acceptors (Lipinski definition) is 0. The molecule has 0 aliphatic heterocycles. The molecule has 0 aromatic carbocycles. The van der Waals surface area contributed by atoms with Crippen molar-refractivity contribution in [1.82, 2.24) is 0 Å². The summed E-state index contributed by atoms with van der Waals surface area (Å²) in [5.74, 6) is 0.902. The summed E-state index contributed by atoms with van der Waals surface area (Å²) in [6.45, 7) is 7.03. The first-order chi connectivity index (χ1) is 5.18. The zero-order chi connectivity index (χ0) is 8.32. The maximum absolute atomic E-state index is 2.36. The van der Waals surface area contributed by atoms with Crippen LogP contribution in [0, 0.1) is 11.3 Å². The van der Waals surface area contributed by atoms with Gasteiger partial charge in [0.25, 0.3) is 0 Å². The molecule has 0 spiro atoms. The van der Waals surface area contributed by atoms with Gasteiger partial charge in [0.05, 0.1) is 0 Å². The molecule has 1 fully saturated rings. The molecule has 0 saturated heterocycles. The fourth-order valence-corrected chi connectivity index (χ4v) is 2.05. The van der Waals surface area contributed by atoms with Crippen molar-refractivity contribution in [2.45, 2.75) is 59.3 Å². The standard InChI is InChI=1S/C11H22/c1-4-11(7-5-8-11)9-6-10(2)3/h10H,4-9H2,1-3H3. The van der Waals surface area contributed by atoms with E-state index in [1.165, 1.54) is 38.5 Å². The van der Waals surface area contributed by atoms with Crippen LogP contribution in [-0.4, -0.2) is 0 Å². The Hall–Kier alpha value is 0. The molecule has 0 heterocycles. The van der Waals surface area contributed by atoms with Crippen LogP contribution in [0.3, 0.4) is 0 Å². The van der Waals surface area contributed by atoms with Crippen molar-refractivity contribution in [1.29, 1.82) is 0 Å². The Morgan fingerprint density at radius 3 is 2.18 bits per heavy atom. The average Bonchev–Trinajstić information content (AvgIpc) is 1.86. The van der Waals surface area contributed by atoms with Crippen LogP contribution in [0.25, 0.3) is 0 Å². The van der Waals surface area contributed by atoms with Gasteiger partial charge in [0, 0.05) is 0 Å². The molecule has 0 aromatic heterocycles. The number of rotatable bonds is 4. The fourth-order valence-electron chi connectivity index (χ4n) is 2.05. The Morgan fingerprint density at radius 1 is 1.27 bits per heavy atom. The third kappa shape index (κ3) is 2.21. The third-order valence-corrected chi connectivity index (χ3v) is 3.42. The maximum atomic E-state index is 2.36. The minimum absolute atomic E-state index is 0.796.